The number of aromatic hydroxyl groups is 1. The highest BCUT2D eigenvalue weighted by Crippen LogP contribution is 2.11. The van der Waals surface area contributed by atoms with E-state index in [2.05, 4.69) is 46.8 Å². The van der Waals surface area contributed by atoms with Crippen LogP contribution in [0.4, 0.5) is 0 Å². The van der Waals surface area contributed by atoms with Crippen LogP contribution in [-0.2, 0) is 6.42 Å². The van der Waals surface area contributed by atoms with E-state index in [0.29, 0.717) is 18.3 Å². The second-order valence-corrected chi connectivity index (χ2v) is 7.04. The number of amidine groups is 1. The number of nitrogens with zero attached hydrogens (tertiary/aromatic N) is 3. The van der Waals surface area contributed by atoms with Gasteiger partial charge >= 0.3 is 0 Å². The summed E-state index contributed by atoms with van der Waals surface area (Å²) >= 11 is 0. The van der Waals surface area contributed by atoms with Gasteiger partial charge in [-0.05, 0) is 48.6 Å². The molecule has 29 heavy (non-hydrogen) atoms. The average molecular weight is 391 g/mol. The second-order valence-electron chi connectivity index (χ2n) is 7.04. The number of pyridine rings is 1. The van der Waals surface area contributed by atoms with Crippen molar-refractivity contribution < 1.29 is 5.11 Å². The van der Waals surface area contributed by atoms with E-state index in [1.165, 1.54) is 0 Å². The predicted molar refractivity (Wildman–Crippen MR) is 122 cm³/mol. The van der Waals surface area contributed by atoms with E-state index >= 15 is 0 Å². The number of aromatic nitrogens is 1. The summed E-state index contributed by atoms with van der Waals surface area (Å²) in [4.78, 5) is 13.2. The molecule has 5 heteroatoms. The Morgan fingerprint density at radius 2 is 2.03 bits per heavy atom. The molecule has 2 N–H and O–H groups in total. The SMILES string of the molecule is C=C(NC(C=N/C=C/C(C)CC)=NCCc1ccc(O)cc1)c1cncc(C)c1. The molecule has 0 spiro atoms. The quantitative estimate of drug-likeness (QED) is 0.471. The average Bonchev–Trinajstić information content (AvgIpc) is 2.72. The molecule has 0 saturated carbocycles. The first-order valence-corrected chi connectivity index (χ1v) is 9.88. The van der Waals surface area contributed by atoms with Crippen LogP contribution in [-0.4, -0.2) is 28.7 Å². The molecule has 1 aromatic carbocycles. The van der Waals surface area contributed by atoms with Crippen LogP contribution in [0.15, 0.2) is 71.6 Å². The summed E-state index contributed by atoms with van der Waals surface area (Å²) in [6, 6.07) is 9.20. The third-order valence-corrected chi connectivity index (χ3v) is 4.46. The van der Waals surface area contributed by atoms with Gasteiger partial charge in [0.05, 0.1) is 6.21 Å². The van der Waals surface area contributed by atoms with Gasteiger partial charge in [0.25, 0.3) is 0 Å². The number of hydrogen-bond donors (Lipinski definition) is 2. The standard InChI is InChI=1S/C24H30N4O/c1-5-18(2)10-12-25-17-24(27-13-11-21-6-8-23(29)9-7-21)28-20(4)22-14-19(3)15-26-16-22/h6-10,12,14-18,29H,4-5,11,13H2,1-3H3,(H,27,28)/b12-10+,25-17?. The fourth-order valence-electron chi connectivity index (χ4n) is 2.47. The molecule has 0 radical (unpaired) electrons. The van der Waals surface area contributed by atoms with Gasteiger partial charge in [0.2, 0.25) is 0 Å². The largest absolute Gasteiger partial charge is 0.508 e. The minimum absolute atomic E-state index is 0.267. The number of phenols is 1. The van der Waals surface area contributed by atoms with Gasteiger partial charge in [0.15, 0.2) is 0 Å². The summed E-state index contributed by atoms with van der Waals surface area (Å²) in [5.41, 5.74) is 3.82. The van der Waals surface area contributed by atoms with Crippen LogP contribution in [0.5, 0.6) is 5.75 Å². The Balaban J connectivity index is 2.08. The smallest absolute Gasteiger partial charge is 0.144 e. The van der Waals surface area contributed by atoms with Crippen molar-refractivity contribution in [3.8, 4) is 5.75 Å². The molecule has 2 rings (SSSR count). The van der Waals surface area contributed by atoms with Crippen LogP contribution >= 0.6 is 0 Å². The highest BCUT2D eigenvalue weighted by atomic mass is 16.3. The number of rotatable bonds is 9. The molecule has 5 nitrogen and oxygen atoms in total. The Morgan fingerprint density at radius 3 is 2.72 bits per heavy atom. The Bertz CT molecular complexity index is 882. The molecule has 1 heterocycles. The number of phenolic OH excluding ortho intramolecular Hbond substituents is 1. The van der Waals surface area contributed by atoms with E-state index < -0.39 is 0 Å². The van der Waals surface area contributed by atoms with Crippen molar-refractivity contribution in [1.82, 2.24) is 10.3 Å². The van der Waals surface area contributed by atoms with E-state index in [-0.39, 0.29) is 5.75 Å². The summed E-state index contributed by atoms with van der Waals surface area (Å²) in [6.07, 6.45) is 11.0. The number of nitrogens with one attached hydrogen (secondary N) is 1. The summed E-state index contributed by atoms with van der Waals surface area (Å²) < 4.78 is 0. The topological polar surface area (TPSA) is 69.9 Å². The lowest BCUT2D eigenvalue weighted by Gasteiger charge is -2.10. The fourth-order valence-corrected chi connectivity index (χ4v) is 2.47. The maximum absolute atomic E-state index is 9.40. The third-order valence-electron chi connectivity index (χ3n) is 4.46. The van der Waals surface area contributed by atoms with Gasteiger partial charge in [-0.25, -0.2) is 0 Å². The molecule has 1 atom stereocenters. The van der Waals surface area contributed by atoms with Crippen molar-refractivity contribution in [3.63, 3.8) is 0 Å². The maximum atomic E-state index is 9.40. The normalized spacial score (nSPS) is 13.1. The molecule has 2 aromatic rings. The molecule has 0 aliphatic rings. The Morgan fingerprint density at radius 1 is 1.28 bits per heavy atom. The van der Waals surface area contributed by atoms with E-state index in [1.807, 2.05) is 37.5 Å². The van der Waals surface area contributed by atoms with Crippen LogP contribution < -0.4 is 5.32 Å². The summed E-state index contributed by atoms with van der Waals surface area (Å²) in [5, 5.41) is 12.6. The second kappa shape index (κ2) is 11.6. The number of aliphatic imine (C=N–C) groups is 2. The van der Waals surface area contributed by atoms with Gasteiger partial charge in [-0.1, -0.05) is 45.1 Å². The molecule has 0 aliphatic heterocycles. The minimum atomic E-state index is 0.267. The van der Waals surface area contributed by atoms with E-state index in [1.54, 1.807) is 24.5 Å². The van der Waals surface area contributed by atoms with Gasteiger partial charge in [0, 0.05) is 36.4 Å². The molecule has 0 aliphatic carbocycles. The zero-order valence-electron chi connectivity index (χ0n) is 17.5. The molecule has 152 valence electrons. The van der Waals surface area contributed by atoms with E-state index in [0.717, 1.165) is 35.2 Å². The Labute approximate surface area is 173 Å². The van der Waals surface area contributed by atoms with Crippen LogP contribution in [0.1, 0.15) is 37.0 Å². The fraction of sp³-hybridized carbons (Fsp3) is 0.292. The van der Waals surface area contributed by atoms with E-state index in [9.17, 15) is 5.11 Å². The third kappa shape index (κ3) is 8.13. The van der Waals surface area contributed by atoms with Crippen molar-refractivity contribution in [1.29, 1.82) is 0 Å². The van der Waals surface area contributed by atoms with Crippen LogP contribution in [0, 0.1) is 12.8 Å². The molecule has 1 aromatic heterocycles. The molecule has 0 saturated heterocycles. The summed E-state index contributed by atoms with van der Waals surface area (Å²) in [6.45, 7) is 11.0. The molecule has 1 unspecified atom stereocenters. The summed E-state index contributed by atoms with van der Waals surface area (Å²) in [5.74, 6) is 1.40. The zero-order chi connectivity index (χ0) is 21.1. The first-order chi connectivity index (χ1) is 14.0. The number of allylic oxidation sites excluding steroid dienone is 1. The van der Waals surface area contributed by atoms with Crippen molar-refractivity contribution in [2.75, 3.05) is 6.54 Å². The maximum Gasteiger partial charge on any atom is 0.144 e. The lowest BCUT2D eigenvalue weighted by molar-refractivity contribution is 0.475. The van der Waals surface area contributed by atoms with Crippen LogP contribution in [0.2, 0.25) is 0 Å². The van der Waals surface area contributed by atoms with Crippen LogP contribution in [0.3, 0.4) is 0 Å². The Hall–Kier alpha value is -3.21. The zero-order valence-corrected chi connectivity index (χ0v) is 17.5. The first-order valence-electron chi connectivity index (χ1n) is 9.88. The molecule has 0 fully saturated rings. The van der Waals surface area contributed by atoms with Gasteiger partial charge in [-0.15, -0.1) is 0 Å². The van der Waals surface area contributed by atoms with Gasteiger partial charge in [0.1, 0.15) is 11.6 Å². The number of hydrogen-bond acceptors (Lipinski definition) is 4. The summed E-state index contributed by atoms with van der Waals surface area (Å²) in [7, 11) is 0. The van der Waals surface area contributed by atoms with Gasteiger partial charge < -0.3 is 10.4 Å². The van der Waals surface area contributed by atoms with E-state index in [4.69, 9.17) is 0 Å². The lowest BCUT2D eigenvalue weighted by atomic mass is 10.1. The predicted octanol–water partition coefficient (Wildman–Crippen LogP) is 4.93. The van der Waals surface area contributed by atoms with Crippen LogP contribution in [0.25, 0.3) is 5.70 Å². The molecular formula is C24H30N4O. The molecule has 0 amide bonds. The van der Waals surface area contributed by atoms with Crippen molar-refractivity contribution in [3.05, 3.63) is 78.3 Å². The first kappa shape index (κ1) is 22.1. The highest BCUT2D eigenvalue weighted by Gasteiger charge is 2.03. The van der Waals surface area contributed by atoms with Crippen molar-refractivity contribution >= 4 is 17.7 Å². The van der Waals surface area contributed by atoms with Crippen molar-refractivity contribution in [2.45, 2.75) is 33.6 Å². The van der Waals surface area contributed by atoms with Crippen molar-refractivity contribution in [2.24, 2.45) is 15.9 Å². The number of aryl methyl sites for hydroxylation is 1. The highest BCUT2D eigenvalue weighted by molar-refractivity contribution is 6.31. The van der Waals surface area contributed by atoms with Gasteiger partial charge in [-0.3, -0.25) is 15.0 Å². The molecular weight excluding hydrogens is 360 g/mol. The number of benzene rings is 1. The Kier molecular flexibility index (Phi) is 8.83. The monoisotopic (exact) mass is 390 g/mol. The lowest BCUT2D eigenvalue weighted by Crippen LogP contribution is -2.23. The van der Waals surface area contributed by atoms with Gasteiger partial charge in [-0.2, -0.15) is 0 Å². The minimum Gasteiger partial charge on any atom is -0.508 e. The molecule has 0 bridgehead atoms.